The van der Waals surface area contributed by atoms with Gasteiger partial charge in [-0.1, -0.05) is 6.07 Å². The van der Waals surface area contributed by atoms with Crippen LogP contribution in [0.2, 0.25) is 0 Å². The normalized spacial score (nSPS) is 13.3. The molecule has 0 aliphatic heterocycles. The highest BCUT2D eigenvalue weighted by molar-refractivity contribution is 14.0. The zero-order valence-corrected chi connectivity index (χ0v) is 15.3. The first-order valence-corrected chi connectivity index (χ1v) is 6.59. The maximum Gasteiger partial charge on any atom is 0.416 e. The van der Waals surface area contributed by atoms with E-state index in [2.05, 4.69) is 15.6 Å². The van der Waals surface area contributed by atoms with Crippen molar-refractivity contribution < 1.29 is 22.3 Å². The van der Waals surface area contributed by atoms with E-state index in [0.29, 0.717) is 18.6 Å². The summed E-state index contributed by atoms with van der Waals surface area (Å²) < 4.78 is 56.6. The molecule has 1 aromatic rings. The van der Waals surface area contributed by atoms with Gasteiger partial charge in [-0.3, -0.25) is 4.99 Å². The van der Waals surface area contributed by atoms with Crippen molar-refractivity contribution in [1.29, 1.82) is 0 Å². The molecule has 132 valence electrons. The highest BCUT2D eigenvalue weighted by Crippen LogP contribution is 2.32. The highest BCUT2D eigenvalue weighted by Gasteiger charge is 2.33. The summed E-state index contributed by atoms with van der Waals surface area (Å²) in [6.07, 6.45) is -4.61. The fourth-order valence-corrected chi connectivity index (χ4v) is 1.87. The van der Waals surface area contributed by atoms with Crippen molar-refractivity contribution >= 4 is 29.9 Å². The van der Waals surface area contributed by atoms with E-state index in [0.717, 1.165) is 12.1 Å². The van der Waals surface area contributed by atoms with Gasteiger partial charge in [-0.2, -0.15) is 13.2 Å². The number of nitrogens with zero attached hydrogens (tertiary/aromatic N) is 1. The van der Waals surface area contributed by atoms with Gasteiger partial charge in [-0.15, -0.1) is 24.0 Å². The zero-order valence-electron chi connectivity index (χ0n) is 13.0. The number of methoxy groups -OCH3 is 1. The van der Waals surface area contributed by atoms with Crippen molar-refractivity contribution in [3.8, 4) is 0 Å². The first-order valence-electron chi connectivity index (χ1n) is 6.59. The van der Waals surface area contributed by atoms with E-state index >= 15 is 0 Å². The molecule has 0 aliphatic carbocycles. The van der Waals surface area contributed by atoms with Gasteiger partial charge in [0.1, 0.15) is 5.82 Å². The Kier molecular flexibility index (Phi) is 9.44. The molecule has 0 saturated heterocycles. The Labute approximate surface area is 149 Å². The van der Waals surface area contributed by atoms with Gasteiger partial charge in [0.15, 0.2) is 5.96 Å². The topological polar surface area (TPSA) is 45.7 Å². The minimum Gasteiger partial charge on any atom is -0.383 e. The average molecular weight is 449 g/mol. The van der Waals surface area contributed by atoms with Gasteiger partial charge in [0.25, 0.3) is 0 Å². The van der Waals surface area contributed by atoms with Crippen LogP contribution < -0.4 is 10.6 Å². The average Bonchev–Trinajstić information content (AvgIpc) is 2.43. The van der Waals surface area contributed by atoms with E-state index in [9.17, 15) is 17.6 Å². The molecular formula is C14H20F4IN3O. The Bertz CT molecular complexity index is 523. The minimum atomic E-state index is -4.61. The van der Waals surface area contributed by atoms with Crippen molar-refractivity contribution in [2.45, 2.75) is 25.7 Å². The molecule has 0 aromatic heterocycles. The molecule has 1 rings (SSSR count). The number of nitrogens with one attached hydrogen (secondary N) is 2. The van der Waals surface area contributed by atoms with Gasteiger partial charge in [0, 0.05) is 26.7 Å². The van der Waals surface area contributed by atoms with E-state index < -0.39 is 17.6 Å². The summed E-state index contributed by atoms with van der Waals surface area (Å²) in [4.78, 5) is 3.92. The van der Waals surface area contributed by atoms with Gasteiger partial charge < -0.3 is 15.4 Å². The van der Waals surface area contributed by atoms with E-state index in [-0.39, 0.29) is 42.1 Å². The number of halogens is 5. The van der Waals surface area contributed by atoms with Gasteiger partial charge in [0.05, 0.1) is 12.2 Å². The molecule has 0 amide bonds. The number of rotatable bonds is 5. The van der Waals surface area contributed by atoms with Crippen molar-refractivity contribution in [1.82, 2.24) is 10.6 Å². The maximum absolute atomic E-state index is 13.0. The van der Waals surface area contributed by atoms with Gasteiger partial charge >= 0.3 is 6.18 Å². The number of benzene rings is 1. The van der Waals surface area contributed by atoms with Crippen LogP contribution in [0.3, 0.4) is 0 Å². The molecular weight excluding hydrogens is 429 g/mol. The smallest absolute Gasteiger partial charge is 0.383 e. The Balaban J connectivity index is 0.00000484. The molecule has 2 N–H and O–H groups in total. The Morgan fingerprint density at radius 2 is 2.00 bits per heavy atom. The molecule has 0 spiro atoms. The van der Waals surface area contributed by atoms with Crippen LogP contribution in [0.5, 0.6) is 0 Å². The summed E-state index contributed by atoms with van der Waals surface area (Å²) in [5.41, 5.74) is -1.06. The molecule has 0 aliphatic rings. The van der Waals surface area contributed by atoms with Crippen LogP contribution in [-0.2, 0) is 17.5 Å². The second-order valence-corrected chi connectivity index (χ2v) is 4.73. The van der Waals surface area contributed by atoms with E-state index in [1.807, 2.05) is 6.92 Å². The van der Waals surface area contributed by atoms with E-state index in [1.165, 1.54) is 7.05 Å². The Morgan fingerprint density at radius 3 is 2.52 bits per heavy atom. The number of ether oxygens (including phenoxy) is 1. The van der Waals surface area contributed by atoms with Crippen LogP contribution in [0.15, 0.2) is 23.2 Å². The minimum absolute atomic E-state index is 0. The number of alkyl halides is 3. The van der Waals surface area contributed by atoms with Crippen LogP contribution in [0.4, 0.5) is 17.6 Å². The monoisotopic (exact) mass is 449 g/mol. The molecule has 0 fully saturated rings. The summed E-state index contributed by atoms with van der Waals surface area (Å²) in [6, 6.07) is 2.53. The molecule has 0 radical (unpaired) electrons. The summed E-state index contributed by atoms with van der Waals surface area (Å²) in [6.45, 7) is 2.13. The lowest BCUT2D eigenvalue weighted by atomic mass is 10.1. The first-order chi connectivity index (χ1) is 10.3. The SMILES string of the molecule is CN=C(NCc1ccc(F)cc1C(F)(F)F)NC(C)COC.I. The molecule has 1 aromatic carbocycles. The number of hydrogen-bond donors (Lipinski definition) is 2. The third-order valence-electron chi connectivity index (χ3n) is 2.85. The predicted octanol–water partition coefficient (Wildman–Crippen LogP) is 3.16. The molecule has 23 heavy (non-hydrogen) atoms. The Hall–Kier alpha value is -1.10. The second-order valence-electron chi connectivity index (χ2n) is 4.73. The molecule has 0 bridgehead atoms. The number of hydrogen-bond acceptors (Lipinski definition) is 2. The molecule has 0 heterocycles. The maximum atomic E-state index is 13.0. The molecule has 1 unspecified atom stereocenters. The third-order valence-corrected chi connectivity index (χ3v) is 2.85. The lowest BCUT2D eigenvalue weighted by Gasteiger charge is -2.18. The van der Waals surface area contributed by atoms with Crippen molar-refractivity contribution in [2.75, 3.05) is 20.8 Å². The standard InChI is InChI=1S/C14H19F4N3O.HI/c1-9(8-22-3)21-13(19-2)20-7-10-4-5-11(15)6-12(10)14(16,17)18;/h4-6,9H,7-8H2,1-3H3,(H2,19,20,21);1H. The third kappa shape index (κ3) is 7.34. The van der Waals surface area contributed by atoms with Crippen molar-refractivity contribution in [2.24, 2.45) is 4.99 Å². The van der Waals surface area contributed by atoms with Crippen LogP contribution in [0.25, 0.3) is 0 Å². The highest BCUT2D eigenvalue weighted by atomic mass is 127. The summed E-state index contributed by atoms with van der Waals surface area (Å²) in [5.74, 6) is -0.589. The molecule has 4 nitrogen and oxygen atoms in total. The largest absolute Gasteiger partial charge is 0.416 e. The van der Waals surface area contributed by atoms with E-state index in [1.54, 1.807) is 7.11 Å². The lowest BCUT2D eigenvalue weighted by molar-refractivity contribution is -0.138. The predicted molar refractivity (Wildman–Crippen MR) is 91.5 cm³/mol. The second kappa shape index (κ2) is 9.91. The summed E-state index contributed by atoms with van der Waals surface area (Å²) >= 11 is 0. The summed E-state index contributed by atoms with van der Waals surface area (Å²) in [5, 5.41) is 5.73. The lowest BCUT2D eigenvalue weighted by Crippen LogP contribution is -2.43. The van der Waals surface area contributed by atoms with Gasteiger partial charge in [-0.05, 0) is 24.6 Å². The number of aliphatic imine (C=N–C) groups is 1. The molecule has 9 heteroatoms. The van der Waals surface area contributed by atoms with Gasteiger partial charge in [0.2, 0.25) is 0 Å². The van der Waals surface area contributed by atoms with Crippen LogP contribution in [-0.4, -0.2) is 32.8 Å². The fraction of sp³-hybridized carbons (Fsp3) is 0.500. The van der Waals surface area contributed by atoms with Crippen LogP contribution in [0, 0.1) is 5.82 Å². The molecule has 1 atom stereocenters. The zero-order chi connectivity index (χ0) is 16.8. The quantitative estimate of drug-likeness (QED) is 0.314. The van der Waals surface area contributed by atoms with Crippen molar-refractivity contribution in [3.63, 3.8) is 0 Å². The fourth-order valence-electron chi connectivity index (χ4n) is 1.87. The first kappa shape index (κ1) is 21.9. The van der Waals surface area contributed by atoms with Gasteiger partial charge in [-0.25, -0.2) is 4.39 Å². The van der Waals surface area contributed by atoms with Crippen molar-refractivity contribution in [3.05, 3.63) is 35.1 Å². The van der Waals surface area contributed by atoms with E-state index in [4.69, 9.17) is 4.74 Å². The Morgan fingerprint density at radius 1 is 1.35 bits per heavy atom. The van der Waals surface area contributed by atoms with Crippen LogP contribution in [0.1, 0.15) is 18.1 Å². The summed E-state index contributed by atoms with van der Waals surface area (Å²) in [7, 11) is 3.05. The number of guanidine groups is 1. The van der Waals surface area contributed by atoms with Crippen LogP contribution >= 0.6 is 24.0 Å². The molecule has 0 saturated carbocycles.